The van der Waals surface area contributed by atoms with Gasteiger partial charge in [-0.05, 0) is 30.3 Å². The van der Waals surface area contributed by atoms with Crippen LogP contribution in [0, 0.1) is 0 Å². The number of ether oxygens (including phenoxy) is 1. The lowest BCUT2D eigenvalue weighted by Crippen LogP contribution is -2.37. The lowest BCUT2D eigenvalue weighted by atomic mass is 10.1. The lowest BCUT2D eigenvalue weighted by Gasteiger charge is -2.28. The highest BCUT2D eigenvalue weighted by molar-refractivity contribution is 5.83. The Hall–Kier alpha value is -2.93. The topological polar surface area (TPSA) is 71.3 Å². The molecule has 4 aromatic rings. The standard InChI is InChI=1S/C17H16N6O/c1-2-15-17(22-6-8-24-9-7-22)19-16(21-23(15)5-1)12-3-4-14-13(10-12)11-18-20-14/h1-5,10-11H,6-9H2,(H,18,20). The Morgan fingerprint density at radius 2 is 2.04 bits per heavy atom. The molecule has 3 aromatic heterocycles. The second-order valence-corrected chi connectivity index (χ2v) is 5.87. The van der Waals surface area contributed by atoms with Gasteiger partial charge in [-0.2, -0.15) is 5.10 Å². The predicted molar refractivity (Wildman–Crippen MR) is 91.1 cm³/mol. The third kappa shape index (κ3) is 2.13. The second-order valence-electron chi connectivity index (χ2n) is 5.87. The number of morpholine rings is 1. The van der Waals surface area contributed by atoms with Crippen LogP contribution < -0.4 is 4.90 Å². The van der Waals surface area contributed by atoms with Gasteiger partial charge in [0.05, 0.1) is 24.9 Å². The number of benzene rings is 1. The summed E-state index contributed by atoms with van der Waals surface area (Å²) in [5.41, 5.74) is 3.01. The van der Waals surface area contributed by atoms with Crippen LogP contribution in [0.15, 0.2) is 42.7 Å². The minimum absolute atomic E-state index is 0.711. The van der Waals surface area contributed by atoms with Crippen LogP contribution in [0.4, 0.5) is 5.82 Å². The van der Waals surface area contributed by atoms with E-state index in [2.05, 4.69) is 26.3 Å². The number of nitrogens with zero attached hydrogens (tertiary/aromatic N) is 5. The number of hydrogen-bond donors (Lipinski definition) is 1. The molecular formula is C17H16N6O. The number of hydrogen-bond acceptors (Lipinski definition) is 5. The van der Waals surface area contributed by atoms with E-state index in [0.29, 0.717) is 5.82 Å². The Morgan fingerprint density at radius 3 is 2.96 bits per heavy atom. The average Bonchev–Trinajstić information content (AvgIpc) is 3.29. The average molecular weight is 320 g/mol. The van der Waals surface area contributed by atoms with Gasteiger partial charge in [-0.3, -0.25) is 5.10 Å². The van der Waals surface area contributed by atoms with Crippen LogP contribution in [0.3, 0.4) is 0 Å². The molecule has 0 amide bonds. The Balaban J connectivity index is 1.67. The van der Waals surface area contributed by atoms with E-state index in [1.54, 1.807) is 0 Å². The van der Waals surface area contributed by atoms with Crippen molar-refractivity contribution in [2.24, 2.45) is 0 Å². The molecule has 0 radical (unpaired) electrons. The fourth-order valence-electron chi connectivity index (χ4n) is 3.13. The van der Waals surface area contributed by atoms with Gasteiger partial charge in [-0.1, -0.05) is 0 Å². The van der Waals surface area contributed by atoms with Crippen molar-refractivity contribution in [1.29, 1.82) is 0 Å². The molecule has 7 heteroatoms. The Bertz CT molecular complexity index is 1010. The Labute approximate surface area is 137 Å². The molecule has 0 bridgehead atoms. The predicted octanol–water partition coefficient (Wildman–Crippen LogP) is 2.11. The first-order valence-corrected chi connectivity index (χ1v) is 8.00. The lowest BCUT2D eigenvalue weighted by molar-refractivity contribution is 0.122. The molecule has 5 rings (SSSR count). The molecule has 1 aromatic carbocycles. The number of rotatable bonds is 2. The summed E-state index contributed by atoms with van der Waals surface area (Å²) >= 11 is 0. The molecule has 1 aliphatic rings. The van der Waals surface area contributed by atoms with Crippen LogP contribution in [-0.4, -0.2) is 51.1 Å². The monoisotopic (exact) mass is 320 g/mol. The van der Waals surface area contributed by atoms with E-state index in [1.807, 2.05) is 41.2 Å². The molecule has 1 aliphatic heterocycles. The van der Waals surface area contributed by atoms with Crippen LogP contribution in [0.1, 0.15) is 0 Å². The van der Waals surface area contributed by atoms with Crippen LogP contribution in [0.5, 0.6) is 0 Å². The van der Waals surface area contributed by atoms with Crippen LogP contribution in [0.25, 0.3) is 27.8 Å². The molecule has 24 heavy (non-hydrogen) atoms. The van der Waals surface area contributed by atoms with Gasteiger partial charge in [-0.25, -0.2) is 9.50 Å². The third-order valence-corrected chi connectivity index (χ3v) is 4.38. The molecule has 1 saturated heterocycles. The van der Waals surface area contributed by atoms with Gasteiger partial charge in [0, 0.05) is 30.2 Å². The fraction of sp³-hybridized carbons (Fsp3) is 0.235. The van der Waals surface area contributed by atoms with Crippen LogP contribution >= 0.6 is 0 Å². The largest absolute Gasteiger partial charge is 0.378 e. The zero-order valence-corrected chi connectivity index (χ0v) is 13.0. The van der Waals surface area contributed by atoms with Crippen molar-refractivity contribution in [2.45, 2.75) is 0 Å². The van der Waals surface area contributed by atoms with Gasteiger partial charge in [0.2, 0.25) is 0 Å². The maximum absolute atomic E-state index is 5.47. The maximum atomic E-state index is 5.47. The molecule has 0 unspecified atom stereocenters. The quantitative estimate of drug-likeness (QED) is 0.612. The Kier molecular flexibility index (Phi) is 2.99. The van der Waals surface area contributed by atoms with Gasteiger partial charge in [-0.15, -0.1) is 5.10 Å². The van der Waals surface area contributed by atoms with E-state index in [1.165, 1.54) is 0 Å². The zero-order valence-electron chi connectivity index (χ0n) is 13.0. The van der Waals surface area contributed by atoms with Crippen molar-refractivity contribution in [2.75, 3.05) is 31.2 Å². The van der Waals surface area contributed by atoms with Gasteiger partial charge >= 0.3 is 0 Å². The molecule has 0 atom stereocenters. The van der Waals surface area contributed by atoms with Crippen LogP contribution in [-0.2, 0) is 4.74 Å². The molecule has 0 spiro atoms. The maximum Gasteiger partial charge on any atom is 0.182 e. The summed E-state index contributed by atoms with van der Waals surface area (Å²) in [6.45, 7) is 3.15. The first-order chi connectivity index (χ1) is 11.9. The van der Waals surface area contributed by atoms with Gasteiger partial charge in [0.25, 0.3) is 0 Å². The molecule has 1 N–H and O–H groups in total. The number of fused-ring (bicyclic) bond motifs is 2. The van der Waals surface area contributed by atoms with Crippen molar-refractivity contribution < 1.29 is 4.74 Å². The molecular weight excluding hydrogens is 304 g/mol. The number of anilines is 1. The summed E-state index contributed by atoms with van der Waals surface area (Å²) in [4.78, 5) is 7.13. The van der Waals surface area contributed by atoms with E-state index in [-0.39, 0.29) is 0 Å². The van der Waals surface area contributed by atoms with Gasteiger partial charge in [0.1, 0.15) is 5.52 Å². The van der Waals surface area contributed by atoms with E-state index in [9.17, 15) is 0 Å². The molecule has 1 fully saturated rings. The number of nitrogens with one attached hydrogen (secondary N) is 1. The molecule has 0 saturated carbocycles. The number of H-pyrrole nitrogens is 1. The molecule has 0 aliphatic carbocycles. The van der Waals surface area contributed by atoms with Crippen LogP contribution in [0.2, 0.25) is 0 Å². The minimum atomic E-state index is 0.711. The summed E-state index contributed by atoms with van der Waals surface area (Å²) in [6, 6.07) is 10.1. The molecule has 7 nitrogen and oxygen atoms in total. The number of aromatic nitrogens is 5. The van der Waals surface area contributed by atoms with E-state index < -0.39 is 0 Å². The van der Waals surface area contributed by atoms with Crippen molar-refractivity contribution in [3.63, 3.8) is 0 Å². The summed E-state index contributed by atoms with van der Waals surface area (Å²) in [5.74, 6) is 1.67. The highest BCUT2D eigenvalue weighted by atomic mass is 16.5. The molecule has 4 heterocycles. The van der Waals surface area contributed by atoms with Crippen molar-refractivity contribution in [3.05, 3.63) is 42.7 Å². The summed E-state index contributed by atoms with van der Waals surface area (Å²) in [5, 5.41) is 12.8. The van der Waals surface area contributed by atoms with Gasteiger partial charge < -0.3 is 9.64 Å². The smallest absolute Gasteiger partial charge is 0.182 e. The number of aromatic amines is 1. The normalized spacial score (nSPS) is 15.4. The van der Waals surface area contributed by atoms with Crippen molar-refractivity contribution in [3.8, 4) is 11.4 Å². The molecule has 120 valence electrons. The van der Waals surface area contributed by atoms with Crippen molar-refractivity contribution >= 4 is 22.2 Å². The third-order valence-electron chi connectivity index (χ3n) is 4.38. The van der Waals surface area contributed by atoms with Crippen molar-refractivity contribution in [1.82, 2.24) is 24.8 Å². The van der Waals surface area contributed by atoms with Gasteiger partial charge in [0.15, 0.2) is 11.6 Å². The first-order valence-electron chi connectivity index (χ1n) is 8.00. The fourth-order valence-corrected chi connectivity index (χ4v) is 3.13. The van der Waals surface area contributed by atoms with E-state index in [4.69, 9.17) is 9.72 Å². The SMILES string of the molecule is c1cc2c(N3CCOCC3)nc(-c3ccc4[nH]ncc4c3)nn2c1. The second kappa shape index (κ2) is 5.31. The summed E-state index contributed by atoms with van der Waals surface area (Å²) < 4.78 is 7.36. The Morgan fingerprint density at radius 1 is 1.12 bits per heavy atom. The summed E-state index contributed by atoms with van der Waals surface area (Å²) in [6.07, 6.45) is 3.77. The highest BCUT2D eigenvalue weighted by Crippen LogP contribution is 2.26. The highest BCUT2D eigenvalue weighted by Gasteiger charge is 2.18. The summed E-state index contributed by atoms with van der Waals surface area (Å²) in [7, 11) is 0. The van der Waals surface area contributed by atoms with E-state index >= 15 is 0 Å². The zero-order chi connectivity index (χ0) is 15.9. The first kappa shape index (κ1) is 13.5. The van der Waals surface area contributed by atoms with E-state index in [0.717, 1.165) is 54.1 Å². The minimum Gasteiger partial charge on any atom is -0.378 e.